The number of hydrogen-bond acceptors (Lipinski definition) is 7. The molecule has 0 spiro atoms. The molecule has 9 heteroatoms. The van der Waals surface area contributed by atoms with Gasteiger partial charge in [0.2, 0.25) is 0 Å². The van der Waals surface area contributed by atoms with Gasteiger partial charge in [-0.25, -0.2) is 0 Å². The summed E-state index contributed by atoms with van der Waals surface area (Å²) >= 11 is 0. The Balaban J connectivity index is 1.59. The second-order valence-electron chi connectivity index (χ2n) is 7.33. The highest BCUT2D eigenvalue weighted by atomic mass is 16.5. The first-order valence-electron chi connectivity index (χ1n) is 9.85. The maximum absolute atomic E-state index is 12.7. The molecule has 0 aliphatic carbocycles. The molecule has 2 amide bonds. The predicted molar refractivity (Wildman–Crippen MR) is 108 cm³/mol. The van der Waals surface area contributed by atoms with Crippen LogP contribution in [0.5, 0.6) is 5.75 Å². The lowest BCUT2D eigenvalue weighted by Gasteiger charge is -2.26. The van der Waals surface area contributed by atoms with Crippen molar-refractivity contribution in [2.75, 3.05) is 19.7 Å². The van der Waals surface area contributed by atoms with E-state index in [1.807, 2.05) is 6.07 Å². The van der Waals surface area contributed by atoms with Gasteiger partial charge < -0.3 is 30.4 Å². The Labute approximate surface area is 174 Å². The van der Waals surface area contributed by atoms with Crippen molar-refractivity contribution in [3.05, 3.63) is 53.5 Å². The number of hydrogen-bond donors (Lipinski definition) is 4. The number of nitrogens with zero attached hydrogens (tertiary/aromatic N) is 1. The van der Waals surface area contributed by atoms with Crippen LogP contribution in [0.2, 0.25) is 0 Å². The molecule has 162 valence electrons. The van der Waals surface area contributed by atoms with E-state index in [4.69, 9.17) is 20.0 Å². The quantitative estimate of drug-likeness (QED) is 0.487. The fourth-order valence-corrected chi connectivity index (χ4v) is 3.42. The number of furan rings is 1. The van der Waals surface area contributed by atoms with Crippen LogP contribution in [0.15, 0.2) is 40.8 Å². The molecule has 0 bridgehead atoms. The van der Waals surface area contributed by atoms with Crippen LogP contribution in [-0.2, 0) is 17.9 Å². The lowest BCUT2D eigenvalue weighted by molar-refractivity contribution is -0.119. The number of carbonyl (C=O) groups excluding carboxylic acids is 2. The second kappa shape index (κ2) is 10.2. The van der Waals surface area contributed by atoms with Gasteiger partial charge in [0.15, 0.2) is 6.61 Å². The van der Waals surface area contributed by atoms with E-state index in [0.717, 1.165) is 18.7 Å². The molecule has 1 aromatic carbocycles. The summed E-state index contributed by atoms with van der Waals surface area (Å²) in [5.74, 6) is 0.792. The van der Waals surface area contributed by atoms with Gasteiger partial charge in [0.05, 0.1) is 18.7 Å². The van der Waals surface area contributed by atoms with Crippen molar-refractivity contribution >= 4 is 11.8 Å². The highest BCUT2D eigenvalue weighted by molar-refractivity contribution is 5.94. The molecule has 1 aliphatic heterocycles. The molecule has 0 radical (unpaired) electrons. The first-order chi connectivity index (χ1) is 14.4. The lowest BCUT2D eigenvalue weighted by atomic mass is 10.1. The number of nitrogens with one attached hydrogen (secondary N) is 1. The number of aliphatic hydroxyl groups is 2. The van der Waals surface area contributed by atoms with Crippen molar-refractivity contribution in [1.82, 2.24) is 10.2 Å². The third-order valence-electron chi connectivity index (χ3n) is 4.96. The maximum atomic E-state index is 12.7. The molecule has 0 saturated carbocycles. The van der Waals surface area contributed by atoms with Crippen molar-refractivity contribution in [3.63, 3.8) is 0 Å². The molecular formula is C21H27N3O6. The van der Waals surface area contributed by atoms with Crippen LogP contribution in [0.1, 0.15) is 34.7 Å². The molecule has 0 unspecified atom stereocenters. The molecule has 30 heavy (non-hydrogen) atoms. The second-order valence-corrected chi connectivity index (χ2v) is 7.33. The number of nitrogens with two attached hydrogens (primary N) is 1. The Morgan fingerprint density at radius 2 is 1.93 bits per heavy atom. The van der Waals surface area contributed by atoms with E-state index < -0.39 is 18.1 Å². The van der Waals surface area contributed by atoms with E-state index in [1.54, 1.807) is 30.3 Å². The molecule has 1 saturated heterocycles. The summed E-state index contributed by atoms with van der Waals surface area (Å²) in [6, 6.07) is 9.48. The largest absolute Gasteiger partial charge is 0.484 e. The number of aliphatic hydroxyl groups excluding tert-OH is 2. The van der Waals surface area contributed by atoms with Crippen molar-refractivity contribution in [1.29, 1.82) is 0 Å². The van der Waals surface area contributed by atoms with Crippen molar-refractivity contribution in [2.24, 2.45) is 5.73 Å². The van der Waals surface area contributed by atoms with Gasteiger partial charge in [-0.2, -0.15) is 0 Å². The fourth-order valence-electron chi connectivity index (χ4n) is 3.42. The number of primary amides is 1. The van der Waals surface area contributed by atoms with Crippen LogP contribution in [0, 0.1) is 0 Å². The number of likely N-dealkylation sites (tertiary alicyclic amines) is 1. The smallest absolute Gasteiger partial charge is 0.255 e. The summed E-state index contributed by atoms with van der Waals surface area (Å²) in [6.07, 6.45) is 0.732. The Morgan fingerprint density at radius 3 is 2.60 bits per heavy atom. The van der Waals surface area contributed by atoms with E-state index in [2.05, 4.69) is 10.2 Å². The lowest BCUT2D eigenvalue weighted by Crippen LogP contribution is -2.48. The summed E-state index contributed by atoms with van der Waals surface area (Å²) in [6.45, 7) is 1.40. The van der Waals surface area contributed by atoms with Gasteiger partial charge >= 0.3 is 0 Å². The van der Waals surface area contributed by atoms with E-state index in [0.29, 0.717) is 36.6 Å². The van der Waals surface area contributed by atoms with Crippen LogP contribution in [0.25, 0.3) is 0 Å². The number of carbonyl (C=O) groups is 2. The van der Waals surface area contributed by atoms with Gasteiger partial charge in [0, 0.05) is 12.1 Å². The van der Waals surface area contributed by atoms with Crippen LogP contribution in [-0.4, -0.2) is 58.8 Å². The van der Waals surface area contributed by atoms with E-state index in [9.17, 15) is 14.7 Å². The van der Waals surface area contributed by atoms with Gasteiger partial charge in [-0.15, -0.1) is 0 Å². The molecule has 9 nitrogen and oxygen atoms in total. The molecule has 1 fully saturated rings. The minimum atomic E-state index is -0.651. The van der Waals surface area contributed by atoms with Crippen LogP contribution >= 0.6 is 0 Å². The Morgan fingerprint density at radius 1 is 1.20 bits per heavy atom. The molecule has 1 aliphatic rings. The van der Waals surface area contributed by atoms with Crippen LogP contribution in [0.3, 0.4) is 0 Å². The standard InChI is InChI=1S/C21H27N3O6/c22-20(27)13-29-15-5-3-14(4-6-15)21(28)23-18-11-24(9-1-2-19(18)26)10-16-7-8-17(12-25)30-16/h3-8,18-19,25-26H,1-2,9-13H2,(H2,22,27)(H,23,28)/t18-,19+/m0/s1. The summed E-state index contributed by atoms with van der Waals surface area (Å²) in [5, 5.41) is 22.5. The normalized spacial score (nSPS) is 19.8. The predicted octanol–water partition coefficient (Wildman–Crippen LogP) is 0.391. The van der Waals surface area contributed by atoms with Gasteiger partial charge in [-0.3, -0.25) is 14.5 Å². The van der Waals surface area contributed by atoms with Gasteiger partial charge in [0.1, 0.15) is 23.9 Å². The Hall–Kier alpha value is -2.88. The fraction of sp³-hybridized carbons (Fsp3) is 0.429. The minimum absolute atomic E-state index is 0.149. The number of amides is 2. The molecule has 1 aromatic heterocycles. The number of benzene rings is 1. The zero-order valence-electron chi connectivity index (χ0n) is 16.6. The molecular weight excluding hydrogens is 390 g/mol. The third kappa shape index (κ3) is 6.06. The zero-order valence-corrected chi connectivity index (χ0v) is 16.6. The highest BCUT2D eigenvalue weighted by Crippen LogP contribution is 2.18. The molecule has 3 rings (SSSR count). The van der Waals surface area contributed by atoms with Gasteiger partial charge in [-0.05, 0) is 55.8 Å². The van der Waals surface area contributed by atoms with E-state index in [-0.39, 0.29) is 19.1 Å². The maximum Gasteiger partial charge on any atom is 0.255 e. The Kier molecular flexibility index (Phi) is 7.45. The topological polar surface area (TPSA) is 138 Å². The first-order valence-corrected chi connectivity index (χ1v) is 9.85. The van der Waals surface area contributed by atoms with Gasteiger partial charge in [-0.1, -0.05) is 0 Å². The van der Waals surface area contributed by atoms with Crippen molar-refractivity contribution in [3.8, 4) is 5.75 Å². The van der Waals surface area contributed by atoms with Crippen molar-refractivity contribution < 1.29 is 29.0 Å². The summed E-state index contributed by atoms with van der Waals surface area (Å²) in [4.78, 5) is 25.5. The summed E-state index contributed by atoms with van der Waals surface area (Å²) in [7, 11) is 0. The number of ether oxygens (including phenoxy) is 1. The monoisotopic (exact) mass is 417 g/mol. The average molecular weight is 417 g/mol. The minimum Gasteiger partial charge on any atom is -0.484 e. The average Bonchev–Trinajstić information content (AvgIpc) is 3.12. The molecule has 2 heterocycles. The Bertz CT molecular complexity index is 851. The number of rotatable bonds is 8. The molecule has 2 aromatic rings. The van der Waals surface area contributed by atoms with Gasteiger partial charge in [0.25, 0.3) is 11.8 Å². The van der Waals surface area contributed by atoms with E-state index in [1.165, 1.54) is 0 Å². The highest BCUT2D eigenvalue weighted by Gasteiger charge is 2.27. The van der Waals surface area contributed by atoms with Crippen molar-refractivity contribution in [2.45, 2.75) is 38.1 Å². The molecule has 2 atom stereocenters. The van der Waals surface area contributed by atoms with Crippen LogP contribution in [0.4, 0.5) is 0 Å². The van der Waals surface area contributed by atoms with Crippen LogP contribution < -0.4 is 15.8 Å². The third-order valence-corrected chi connectivity index (χ3v) is 4.96. The summed E-state index contributed by atoms with van der Waals surface area (Å²) < 4.78 is 10.7. The van der Waals surface area contributed by atoms with E-state index >= 15 is 0 Å². The SMILES string of the molecule is NC(=O)COc1ccc(C(=O)N[C@H]2CN(Cc3ccc(CO)o3)CCC[C@H]2O)cc1. The molecule has 5 N–H and O–H groups in total. The summed E-state index contributed by atoms with van der Waals surface area (Å²) in [5.41, 5.74) is 5.46. The first kappa shape index (κ1) is 21.8. The zero-order chi connectivity index (χ0) is 21.5.